The van der Waals surface area contributed by atoms with Crippen LogP contribution in [0.15, 0.2) is 54.9 Å². The first-order chi connectivity index (χ1) is 12.6. The van der Waals surface area contributed by atoms with Crippen LogP contribution in [-0.2, 0) is 6.42 Å². The highest BCUT2D eigenvalue weighted by Crippen LogP contribution is 2.20. The molecule has 5 nitrogen and oxygen atoms in total. The van der Waals surface area contributed by atoms with Crippen molar-refractivity contribution in [2.45, 2.75) is 20.3 Å². The number of methoxy groups -OCH3 is 1. The van der Waals surface area contributed by atoms with Crippen molar-refractivity contribution >= 4 is 17.3 Å². The first kappa shape index (κ1) is 17.7. The van der Waals surface area contributed by atoms with Gasteiger partial charge >= 0.3 is 0 Å². The number of anilines is 3. The van der Waals surface area contributed by atoms with Crippen molar-refractivity contribution in [1.29, 1.82) is 0 Å². The van der Waals surface area contributed by atoms with Crippen molar-refractivity contribution in [2.24, 2.45) is 0 Å². The van der Waals surface area contributed by atoms with Crippen molar-refractivity contribution in [3.05, 3.63) is 71.5 Å². The minimum absolute atomic E-state index is 0.764. The van der Waals surface area contributed by atoms with Crippen LogP contribution in [0.2, 0.25) is 0 Å². The Morgan fingerprint density at radius 2 is 1.65 bits per heavy atom. The molecule has 1 heterocycles. The van der Waals surface area contributed by atoms with E-state index < -0.39 is 0 Å². The molecule has 0 saturated heterocycles. The molecule has 0 radical (unpaired) electrons. The van der Waals surface area contributed by atoms with Crippen molar-refractivity contribution in [3.8, 4) is 5.75 Å². The van der Waals surface area contributed by atoms with Crippen LogP contribution >= 0.6 is 0 Å². The van der Waals surface area contributed by atoms with Gasteiger partial charge < -0.3 is 15.4 Å². The highest BCUT2D eigenvalue weighted by molar-refractivity contribution is 5.60. The summed E-state index contributed by atoms with van der Waals surface area (Å²) in [5.41, 5.74) is 4.64. The first-order valence-electron chi connectivity index (χ1n) is 8.67. The fourth-order valence-electron chi connectivity index (χ4n) is 2.95. The maximum Gasteiger partial charge on any atom is 0.135 e. The fourth-order valence-corrected chi connectivity index (χ4v) is 2.95. The molecule has 0 bridgehead atoms. The van der Waals surface area contributed by atoms with Gasteiger partial charge in [-0.25, -0.2) is 9.97 Å². The van der Waals surface area contributed by atoms with Crippen LogP contribution in [0.25, 0.3) is 0 Å². The number of hydrogen-bond acceptors (Lipinski definition) is 5. The summed E-state index contributed by atoms with van der Waals surface area (Å²) < 4.78 is 5.39. The van der Waals surface area contributed by atoms with Crippen molar-refractivity contribution in [1.82, 2.24) is 9.97 Å². The van der Waals surface area contributed by atoms with Crippen molar-refractivity contribution in [2.75, 3.05) is 24.3 Å². The van der Waals surface area contributed by atoms with E-state index in [0.29, 0.717) is 0 Å². The molecule has 0 aliphatic heterocycles. The van der Waals surface area contributed by atoms with Crippen LogP contribution < -0.4 is 15.4 Å². The molecule has 3 aromatic rings. The van der Waals surface area contributed by atoms with E-state index >= 15 is 0 Å². The maximum atomic E-state index is 5.39. The summed E-state index contributed by atoms with van der Waals surface area (Å²) in [7, 11) is 1.70. The molecule has 134 valence electrons. The lowest BCUT2D eigenvalue weighted by Gasteiger charge is -2.11. The lowest BCUT2D eigenvalue weighted by molar-refractivity contribution is 0.410. The predicted molar refractivity (Wildman–Crippen MR) is 106 cm³/mol. The Labute approximate surface area is 154 Å². The Kier molecular flexibility index (Phi) is 5.69. The molecular formula is C21H24N4O. The van der Waals surface area contributed by atoms with Gasteiger partial charge in [-0.1, -0.05) is 24.3 Å². The quantitative estimate of drug-likeness (QED) is 0.658. The number of para-hydroxylation sites is 1. The van der Waals surface area contributed by atoms with Crippen LogP contribution in [0.3, 0.4) is 0 Å². The third-order valence-corrected chi connectivity index (χ3v) is 4.05. The van der Waals surface area contributed by atoms with Gasteiger partial charge in [-0.3, -0.25) is 0 Å². The molecule has 0 aliphatic rings. The van der Waals surface area contributed by atoms with E-state index in [1.54, 1.807) is 13.4 Å². The average molecular weight is 348 g/mol. The van der Waals surface area contributed by atoms with Gasteiger partial charge in [0.25, 0.3) is 0 Å². The lowest BCUT2D eigenvalue weighted by atomic mass is 10.1. The molecule has 0 saturated carbocycles. The Balaban J connectivity index is 1.62. The van der Waals surface area contributed by atoms with E-state index in [1.807, 2.05) is 24.3 Å². The van der Waals surface area contributed by atoms with E-state index in [0.717, 1.165) is 36.0 Å². The summed E-state index contributed by atoms with van der Waals surface area (Å²) in [4.78, 5) is 8.60. The zero-order valence-electron chi connectivity index (χ0n) is 15.4. The minimum atomic E-state index is 0.764. The molecule has 0 unspecified atom stereocenters. The molecule has 2 N–H and O–H groups in total. The first-order valence-corrected chi connectivity index (χ1v) is 8.67. The topological polar surface area (TPSA) is 59.1 Å². The Morgan fingerprint density at radius 1 is 0.923 bits per heavy atom. The third kappa shape index (κ3) is 4.72. The zero-order valence-corrected chi connectivity index (χ0v) is 15.4. The van der Waals surface area contributed by atoms with Gasteiger partial charge in [-0.15, -0.1) is 0 Å². The average Bonchev–Trinajstić information content (AvgIpc) is 2.61. The number of aryl methyl sites for hydroxylation is 2. The fraction of sp³-hybridized carbons (Fsp3) is 0.238. The van der Waals surface area contributed by atoms with Gasteiger partial charge in [0.15, 0.2) is 0 Å². The van der Waals surface area contributed by atoms with Crippen LogP contribution in [0.5, 0.6) is 5.75 Å². The van der Waals surface area contributed by atoms with Gasteiger partial charge in [0.1, 0.15) is 23.7 Å². The molecule has 3 rings (SSSR count). The molecule has 26 heavy (non-hydrogen) atoms. The smallest absolute Gasteiger partial charge is 0.135 e. The van der Waals surface area contributed by atoms with Crippen LogP contribution in [0.1, 0.15) is 16.7 Å². The van der Waals surface area contributed by atoms with Gasteiger partial charge in [0.05, 0.1) is 7.11 Å². The normalized spacial score (nSPS) is 10.4. The van der Waals surface area contributed by atoms with Crippen LogP contribution in [0.4, 0.5) is 17.3 Å². The number of ether oxygens (including phenoxy) is 1. The minimum Gasteiger partial charge on any atom is -0.496 e. The van der Waals surface area contributed by atoms with E-state index in [1.165, 1.54) is 16.7 Å². The van der Waals surface area contributed by atoms with Gasteiger partial charge in [-0.05, 0) is 55.2 Å². The molecule has 0 atom stereocenters. The third-order valence-electron chi connectivity index (χ3n) is 4.05. The van der Waals surface area contributed by atoms with E-state index in [9.17, 15) is 0 Å². The summed E-state index contributed by atoms with van der Waals surface area (Å²) in [5.74, 6) is 2.47. The second-order valence-electron chi connectivity index (χ2n) is 6.28. The molecule has 1 aromatic heterocycles. The number of nitrogens with zero attached hydrogens (tertiary/aromatic N) is 2. The number of rotatable bonds is 7. The van der Waals surface area contributed by atoms with Crippen LogP contribution in [0, 0.1) is 13.8 Å². The highest BCUT2D eigenvalue weighted by Gasteiger charge is 2.03. The molecule has 2 aromatic carbocycles. The second kappa shape index (κ2) is 8.34. The SMILES string of the molecule is COc1ccccc1CCNc1cc(Nc2cc(C)cc(C)c2)ncn1. The summed E-state index contributed by atoms with van der Waals surface area (Å²) in [5, 5.41) is 6.69. The Morgan fingerprint density at radius 3 is 2.42 bits per heavy atom. The standard InChI is InChI=1S/C21H24N4O/c1-15-10-16(2)12-18(11-15)25-21-13-20(23-14-24-21)22-9-8-17-6-4-5-7-19(17)26-3/h4-7,10-14H,8-9H2,1-3H3,(H2,22,23,24,25). The van der Waals surface area contributed by atoms with E-state index in [-0.39, 0.29) is 0 Å². The molecule has 0 fully saturated rings. The molecule has 0 amide bonds. The van der Waals surface area contributed by atoms with E-state index in [4.69, 9.17) is 4.74 Å². The predicted octanol–water partition coefficient (Wildman–Crippen LogP) is 4.50. The monoisotopic (exact) mass is 348 g/mol. The highest BCUT2D eigenvalue weighted by atomic mass is 16.5. The lowest BCUT2D eigenvalue weighted by Crippen LogP contribution is -2.08. The zero-order chi connectivity index (χ0) is 18.4. The number of benzene rings is 2. The summed E-state index contributed by atoms with van der Waals surface area (Å²) in [6, 6.07) is 16.3. The molecule has 0 aliphatic carbocycles. The Hall–Kier alpha value is -3.08. The molecular weight excluding hydrogens is 324 g/mol. The van der Waals surface area contributed by atoms with Crippen LogP contribution in [-0.4, -0.2) is 23.6 Å². The summed E-state index contributed by atoms with van der Waals surface area (Å²) in [6.45, 7) is 4.94. The van der Waals surface area contributed by atoms with Gasteiger partial charge in [0, 0.05) is 18.3 Å². The maximum absolute atomic E-state index is 5.39. The number of aromatic nitrogens is 2. The number of nitrogens with one attached hydrogen (secondary N) is 2. The molecule has 5 heteroatoms. The second-order valence-corrected chi connectivity index (χ2v) is 6.28. The van der Waals surface area contributed by atoms with Gasteiger partial charge in [0.2, 0.25) is 0 Å². The molecule has 0 spiro atoms. The summed E-state index contributed by atoms with van der Waals surface area (Å²) >= 11 is 0. The number of hydrogen-bond donors (Lipinski definition) is 2. The largest absolute Gasteiger partial charge is 0.496 e. The van der Waals surface area contributed by atoms with Crippen molar-refractivity contribution in [3.63, 3.8) is 0 Å². The van der Waals surface area contributed by atoms with Crippen molar-refractivity contribution < 1.29 is 4.74 Å². The summed E-state index contributed by atoms with van der Waals surface area (Å²) in [6.07, 6.45) is 2.42. The van der Waals surface area contributed by atoms with E-state index in [2.05, 4.69) is 58.7 Å². The van der Waals surface area contributed by atoms with Gasteiger partial charge in [-0.2, -0.15) is 0 Å². The Bertz CT molecular complexity index is 859.